The van der Waals surface area contributed by atoms with Crippen LogP contribution in [0.25, 0.3) is 0 Å². The highest BCUT2D eigenvalue weighted by molar-refractivity contribution is 7.92. The van der Waals surface area contributed by atoms with Gasteiger partial charge in [0, 0.05) is 30.8 Å². The lowest BCUT2D eigenvalue weighted by Gasteiger charge is -2.33. The van der Waals surface area contributed by atoms with Gasteiger partial charge in [0.05, 0.1) is 35.4 Å². The molecule has 0 fully saturated rings. The Hall–Kier alpha value is -3.52. The first kappa shape index (κ1) is 31.4. The number of carbonyl (C=O) groups excluding carboxylic acids is 1. The summed E-state index contributed by atoms with van der Waals surface area (Å²) in [6, 6.07) is 16.3. The molecule has 226 valence electrons. The monoisotopic (exact) mass is 619 g/mol. The fourth-order valence-electron chi connectivity index (χ4n) is 4.66. The molecule has 0 saturated heterocycles. The third kappa shape index (κ3) is 7.09. The minimum absolute atomic E-state index is 0.0354. The standard InChI is InChI=1S/C29H34FN3O7S2/c1-20-17-33(21(2)19-34)29(35)16-22-15-24(31-41(36,37)25-12-9-23(30)10-13-25)11-14-27(22)40-28(20)18-32(3)42(38,39)26-7-5-4-6-8-26/h4-15,20-21,28,31,34H,16-19H2,1-3H3/t20-,21-,28+/m1/s1. The van der Waals surface area contributed by atoms with Gasteiger partial charge in [0.25, 0.3) is 10.0 Å². The van der Waals surface area contributed by atoms with Crippen LogP contribution in [0, 0.1) is 11.7 Å². The largest absolute Gasteiger partial charge is 0.488 e. The zero-order valence-corrected chi connectivity index (χ0v) is 25.1. The van der Waals surface area contributed by atoms with E-state index < -0.39 is 38.0 Å². The second kappa shape index (κ2) is 12.8. The van der Waals surface area contributed by atoms with E-state index in [1.165, 1.54) is 46.6 Å². The molecule has 42 heavy (non-hydrogen) atoms. The number of anilines is 1. The maximum absolute atomic E-state index is 13.4. The number of fused-ring (bicyclic) bond motifs is 1. The van der Waals surface area contributed by atoms with E-state index in [1.54, 1.807) is 25.1 Å². The maximum Gasteiger partial charge on any atom is 0.261 e. The summed E-state index contributed by atoms with van der Waals surface area (Å²) in [6.45, 7) is 3.43. The van der Waals surface area contributed by atoms with Gasteiger partial charge in [0.1, 0.15) is 17.7 Å². The van der Waals surface area contributed by atoms with Crippen molar-refractivity contribution in [3.05, 3.63) is 84.2 Å². The predicted octanol–water partition coefficient (Wildman–Crippen LogP) is 3.10. The van der Waals surface area contributed by atoms with E-state index in [4.69, 9.17) is 4.74 Å². The molecule has 1 amide bonds. The Labute approximate surface area is 245 Å². The van der Waals surface area contributed by atoms with E-state index in [9.17, 15) is 31.1 Å². The Morgan fingerprint density at radius 1 is 1.05 bits per heavy atom. The number of halogens is 1. The van der Waals surface area contributed by atoms with E-state index in [2.05, 4.69) is 4.72 Å². The molecule has 1 heterocycles. The van der Waals surface area contributed by atoms with E-state index >= 15 is 0 Å². The SMILES string of the molecule is C[C@@H]1CN([C@H](C)CO)C(=O)Cc2cc(NS(=O)(=O)c3ccc(F)cc3)ccc2O[C@H]1CN(C)S(=O)(=O)c1ccccc1. The van der Waals surface area contributed by atoms with Crippen LogP contribution in [0.15, 0.2) is 82.6 Å². The third-order valence-electron chi connectivity index (χ3n) is 7.18. The summed E-state index contributed by atoms with van der Waals surface area (Å²) >= 11 is 0. The van der Waals surface area contributed by atoms with Gasteiger partial charge >= 0.3 is 0 Å². The number of amides is 1. The van der Waals surface area contributed by atoms with Crippen LogP contribution in [-0.2, 0) is 31.3 Å². The molecule has 0 unspecified atom stereocenters. The number of nitrogens with zero attached hydrogens (tertiary/aromatic N) is 2. The molecule has 13 heteroatoms. The van der Waals surface area contributed by atoms with Crippen LogP contribution in [0.3, 0.4) is 0 Å². The highest BCUT2D eigenvalue weighted by atomic mass is 32.2. The first-order valence-corrected chi connectivity index (χ1v) is 16.2. The Kier molecular flexibility index (Phi) is 9.56. The lowest BCUT2D eigenvalue weighted by Crippen LogP contribution is -2.48. The normalized spacial score (nSPS) is 18.8. The molecule has 10 nitrogen and oxygen atoms in total. The Morgan fingerprint density at radius 3 is 2.36 bits per heavy atom. The van der Waals surface area contributed by atoms with Gasteiger partial charge in [-0.1, -0.05) is 25.1 Å². The van der Waals surface area contributed by atoms with Crippen LogP contribution in [0.4, 0.5) is 10.1 Å². The number of aliphatic hydroxyl groups excluding tert-OH is 1. The number of ether oxygens (including phenoxy) is 1. The van der Waals surface area contributed by atoms with Crippen molar-refractivity contribution >= 4 is 31.6 Å². The van der Waals surface area contributed by atoms with Crippen LogP contribution in [0.5, 0.6) is 5.75 Å². The fraction of sp³-hybridized carbons (Fsp3) is 0.345. The minimum Gasteiger partial charge on any atom is -0.488 e. The van der Waals surface area contributed by atoms with Crippen LogP contribution in [0.2, 0.25) is 0 Å². The van der Waals surface area contributed by atoms with E-state index in [0.717, 1.165) is 24.3 Å². The molecule has 0 spiro atoms. The van der Waals surface area contributed by atoms with Crippen LogP contribution in [-0.4, -0.2) is 75.9 Å². The molecule has 1 aliphatic heterocycles. The topological polar surface area (TPSA) is 133 Å². The van der Waals surface area contributed by atoms with Gasteiger partial charge in [-0.25, -0.2) is 21.2 Å². The molecular weight excluding hydrogens is 585 g/mol. The lowest BCUT2D eigenvalue weighted by atomic mass is 10.0. The van der Waals surface area contributed by atoms with Crippen molar-refractivity contribution in [2.45, 2.75) is 42.2 Å². The Balaban J connectivity index is 1.68. The van der Waals surface area contributed by atoms with Crippen LogP contribution >= 0.6 is 0 Å². The average Bonchev–Trinajstić information content (AvgIpc) is 3.00. The zero-order chi connectivity index (χ0) is 30.7. The summed E-state index contributed by atoms with van der Waals surface area (Å²) in [5.41, 5.74) is 0.533. The van der Waals surface area contributed by atoms with Crippen molar-refractivity contribution in [1.29, 1.82) is 0 Å². The number of hydrogen-bond donors (Lipinski definition) is 2. The van der Waals surface area contributed by atoms with Crippen molar-refractivity contribution in [3.63, 3.8) is 0 Å². The number of likely N-dealkylation sites (N-methyl/N-ethyl adjacent to an activating group) is 1. The van der Waals surface area contributed by atoms with Crippen molar-refractivity contribution < 1.29 is 35.9 Å². The molecule has 0 bridgehead atoms. The highest BCUT2D eigenvalue weighted by Crippen LogP contribution is 2.30. The molecule has 0 saturated carbocycles. The number of benzene rings is 3. The second-order valence-electron chi connectivity index (χ2n) is 10.4. The summed E-state index contributed by atoms with van der Waals surface area (Å²) in [6.07, 6.45) is -0.850. The summed E-state index contributed by atoms with van der Waals surface area (Å²) in [5.74, 6) is -0.931. The summed E-state index contributed by atoms with van der Waals surface area (Å²) in [7, 11) is -6.44. The third-order valence-corrected chi connectivity index (χ3v) is 10.4. The van der Waals surface area contributed by atoms with Gasteiger partial charge in [-0.2, -0.15) is 4.31 Å². The number of rotatable bonds is 9. The lowest BCUT2D eigenvalue weighted by molar-refractivity contribution is -0.134. The number of sulfonamides is 2. The fourth-order valence-corrected chi connectivity index (χ4v) is 6.92. The maximum atomic E-state index is 13.4. The average molecular weight is 620 g/mol. The van der Waals surface area contributed by atoms with E-state index in [-0.39, 0.29) is 53.4 Å². The van der Waals surface area contributed by atoms with Crippen molar-refractivity contribution in [1.82, 2.24) is 9.21 Å². The van der Waals surface area contributed by atoms with Gasteiger partial charge in [0.2, 0.25) is 15.9 Å². The minimum atomic E-state index is -4.06. The molecule has 2 N–H and O–H groups in total. The van der Waals surface area contributed by atoms with Crippen molar-refractivity contribution in [3.8, 4) is 5.75 Å². The van der Waals surface area contributed by atoms with Gasteiger partial charge < -0.3 is 14.7 Å². The van der Waals surface area contributed by atoms with Gasteiger partial charge in [-0.3, -0.25) is 9.52 Å². The molecule has 0 aromatic heterocycles. The Bertz CT molecular complexity index is 1620. The predicted molar refractivity (Wildman–Crippen MR) is 155 cm³/mol. The molecule has 3 aromatic carbocycles. The van der Waals surface area contributed by atoms with Crippen molar-refractivity contribution in [2.75, 3.05) is 31.5 Å². The van der Waals surface area contributed by atoms with Gasteiger partial charge in [0.15, 0.2) is 0 Å². The Morgan fingerprint density at radius 2 is 1.71 bits per heavy atom. The molecule has 0 aliphatic carbocycles. The number of carbonyl (C=O) groups is 1. The van der Waals surface area contributed by atoms with Crippen LogP contribution < -0.4 is 9.46 Å². The summed E-state index contributed by atoms with van der Waals surface area (Å²) < 4.78 is 75.6. The molecule has 1 aliphatic rings. The quantitative estimate of drug-likeness (QED) is 0.376. The second-order valence-corrected chi connectivity index (χ2v) is 14.1. The van der Waals surface area contributed by atoms with Gasteiger partial charge in [-0.15, -0.1) is 0 Å². The van der Waals surface area contributed by atoms with E-state index in [1.807, 2.05) is 6.92 Å². The number of aliphatic hydroxyl groups is 1. The zero-order valence-electron chi connectivity index (χ0n) is 23.5. The molecule has 4 rings (SSSR count). The number of hydrogen-bond acceptors (Lipinski definition) is 7. The highest BCUT2D eigenvalue weighted by Gasteiger charge is 2.33. The smallest absolute Gasteiger partial charge is 0.261 e. The summed E-state index contributed by atoms with van der Waals surface area (Å²) in [5, 5.41) is 9.85. The van der Waals surface area contributed by atoms with E-state index in [0.29, 0.717) is 11.3 Å². The number of nitrogens with one attached hydrogen (secondary N) is 1. The molecule has 3 aromatic rings. The molecule has 3 atom stereocenters. The van der Waals surface area contributed by atoms with Crippen LogP contribution in [0.1, 0.15) is 19.4 Å². The first-order valence-electron chi connectivity index (χ1n) is 13.3. The first-order chi connectivity index (χ1) is 19.8. The molecular formula is C29H34FN3O7S2. The molecule has 0 radical (unpaired) electrons. The summed E-state index contributed by atoms with van der Waals surface area (Å²) in [4.78, 5) is 14.9. The van der Waals surface area contributed by atoms with Gasteiger partial charge in [-0.05, 0) is 61.5 Å². The van der Waals surface area contributed by atoms with Crippen molar-refractivity contribution in [2.24, 2.45) is 5.92 Å².